The highest BCUT2D eigenvalue weighted by atomic mass is 16.6. The number of hydrogen-bond donors (Lipinski definition) is 2. The monoisotopic (exact) mass is 618 g/mol. The molecule has 0 aliphatic carbocycles. The van der Waals surface area contributed by atoms with Gasteiger partial charge < -0.3 is 29.2 Å². The molecule has 0 aliphatic rings. The van der Waals surface area contributed by atoms with Gasteiger partial charge in [-0.15, -0.1) is 0 Å². The number of carbonyl (C=O) groups excluding carboxylic acids is 4. The molecule has 0 radical (unpaired) electrons. The largest absolute Gasteiger partial charge is 0.507 e. The summed E-state index contributed by atoms with van der Waals surface area (Å²) in [4.78, 5) is 63.7. The first-order chi connectivity index (χ1) is 22.2. The first kappa shape index (κ1) is 30.7. The molecule has 5 aromatic carbocycles. The standard InChI is InChI=1S/C35H22O11/c36-26-16-6-1-11-21(26)32(39)44-28-18-8-3-13-23(28)34(41)46-30-20-10-5-15-25(30)35(42)45-29-19-9-4-14-24(29)33(40)43-27-17-7-2-12-22(27)31(37)38/h1-20,36H,(H,37,38). The minimum atomic E-state index is -1.30. The van der Waals surface area contributed by atoms with E-state index in [9.17, 15) is 34.2 Å². The van der Waals surface area contributed by atoms with Crippen molar-refractivity contribution < 1.29 is 53.1 Å². The molecular weight excluding hydrogens is 596 g/mol. The molecule has 0 unspecified atom stereocenters. The Bertz CT molecular complexity index is 1980. The van der Waals surface area contributed by atoms with Gasteiger partial charge in [0.05, 0.1) is 0 Å². The Balaban J connectivity index is 1.35. The van der Waals surface area contributed by atoms with Crippen LogP contribution in [0.3, 0.4) is 0 Å². The minimum absolute atomic E-state index is 0.117. The van der Waals surface area contributed by atoms with Gasteiger partial charge in [-0.1, -0.05) is 60.7 Å². The number of aromatic carboxylic acids is 1. The molecule has 46 heavy (non-hydrogen) atoms. The third-order valence-electron chi connectivity index (χ3n) is 6.37. The van der Waals surface area contributed by atoms with Gasteiger partial charge >= 0.3 is 29.8 Å². The number of carbonyl (C=O) groups is 5. The van der Waals surface area contributed by atoms with Crippen LogP contribution in [0.1, 0.15) is 51.8 Å². The number of aromatic hydroxyl groups is 1. The van der Waals surface area contributed by atoms with E-state index in [4.69, 9.17) is 18.9 Å². The van der Waals surface area contributed by atoms with E-state index < -0.39 is 29.8 Å². The Labute approximate surface area is 260 Å². The molecule has 0 aliphatic heterocycles. The highest BCUT2D eigenvalue weighted by Crippen LogP contribution is 2.28. The quantitative estimate of drug-likeness (QED) is 0.148. The van der Waals surface area contributed by atoms with Crippen molar-refractivity contribution in [3.05, 3.63) is 149 Å². The third-order valence-corrected chi connectivity index (χ3v) is 6.37. The molecule has 0 atom stereocenters. The van der Waals surface area contributed by atoms with Gasteiger partial charge in [-0.05, 0) is 60.7 Å². The third kappa shape index (κ3) is 6.90. The second kappa shape index (κ2) is 13.7. The average molecular weight is 619 g/mol. The van der Waals surface area contributed by atoms with Gasteiger partial charge in [0.1, 0.15) is 56.6 Å². The SMILES string of the molecule is O=C(Oc1ccccc1C(=O)Oc1ccccc1C(=O)Oc1ccccc1C(=O)Oc1ccccc1C(=O)O)c1ccccc1O. The van der Waals surface area contributed by atoms with Crippen molar-refractivity contribution in [3.63, 3.8) is 0 Å². The molecule has 2 N–H and O–H groups in total. The highest BCUT2D eigenvalue weighted by Gasteiger charge is 2.24. The van der Waals surface area contributed by atoms with Crippen LogP contribution in [-0.4, -0.2) is 40.1 Å². The number of rotatable bonds is 9. The summed E-state index contributed by atoms with van der Waals surface area (Å²) in [5.41, 5.74) is -0.863. The van der Waals surface area contributed by atoms with E-state index in [0.29, 0.717) is 0 Å². The van der Waals surface area contributed by atoms with Gasteiger partial charge in [-0.2, -0.15) is 0 Å². The van der Waals surface area contributed by atoms with Crippen LogP contribution < -0.4 is 18.9 Å². The summed E-state index contributed by atoms with van der Waals surface area (Å²) >= 11 is 0. The normalized spacial score (nSPS) is 10.3. The second-order valence-corrected chi connectivity index (χ2v) is 9.37. The predicted octanol–water partition coefficient (Wildman–Crippen LogP) is 5.97. The Kier molecular flexibility index (Phi) is 9.14. The van der Waals surface area contributed by atoms with Crippen molar-refractivity contribution in [2.24, 2.45) is 0 Å². The number of phenols is 1. The van der Waals surface area contributed by atoms with Gasteiger partial charge in [0.15, 0.2) is 0 Å². The molecule has 0 spiro atoms. The molecule has 0 heterocycles. The number of para-hydroxylation sites is 5. The molecule has 0 aromatic heterocycles. The predicted molar refractivity (Wildman–Crippen MR) is 161 cm³/mol. The lowest BCUT2D eigenvalue weighted by Crippen LogP contribution is -2.18. The molecule has 5 aromatic rings. The highest BCUT2D eigenvalue weighted by molar-refractivity contribution is 6.01. The maximum Gasteiger partial charge on any atom is 0.347 e. The molecule has 0 saturated heterocycles. The zero-order chi connectivity index (χ0) is 32.6. The number of phenolic OH excluding ortho intramolecular Hbond substituents is 1. The van der Waals surface area contributed by atoms with E-state index in [1.165, 1.54) is 121 Å². The maximum atomic E-state index is 13.3. The van der Waals surface area contributed by atoms with Crippen molar-refractivity contribution in [2.45, 2.75) is 0 Å². The van der Waals surface area contributed by atoms with Crippen molar-refractivity contribution >= 4 is 29.8 Å². The van der Waals surface area contributed by atoms with E-state index in [-0.39, 0.29) is 56.6 Å². The molecule has 0 bridgehead atoms. The average Bonchev–Trinajstić information content (AvgIpc) is 3.05. The van der Waals surface area contributed by atoms with Crippen LogP contribution in [0, 0.1) is 0 Å². The summed E-state index contributed by atoms with van der Waals surface area (Å²) in [5.74, 6) is -6.22. The molecule has 0 amide bonds. The van der Waals surface area contributed by atoms with Crippen LogP contribution in [0.25, 0.3) is 0 Å². The first-order valence-electron chi connectivity index (χ1n) is 13.5. The molecule has 228 valence electrons. The summed E-state index contributed by atoms with van der Waals surface area (Å²) in [5, 5.41) is 19.4. The van der Waals surface area contributed by atoms with Crippen molar-refractivity contribution in [3.8, 4) is 28.7 Å². The summed E-state index contributed by atoms with van der Waals surface area (Å²) in [7, 11) is 0. The number of ether oxygens (including phenoxy) is 4. The summed E-state index contributed by atoms with van der Waals surface area (Å²) < 4.78 is 21.6. The van der Waals surface area contributed by atoms with Crippen LogP contribution in [0.15, 0.2) is 121 Å². The fraction of sp³-hybridized carbons (Fsp3) is 0. The first-order valence-corrected chi connectivity index (χ1v) is 13.5. The Morgan fingerprint density at radius 3 is 0.978 bits per heavy atom. The second-order valence-electron chi connectivity index (χ2n) is 9.37. The van der Waals surface area contributed by atoms with Crippen LogP contribution in [0.5, 0.6) is 28.7 Å². The van der Waals surface area contributed by atoms with E-state index in [2.05, 4.69) is 0 Å². The van der Waals surface area contributed by atoms with Gasteiger partial charge in [0, 0.05) is 0 Å². The van der Waals surface area contributed by atoms with Gasteiger partial charge in [0.2, 0.25) is 0 Å². The molecule has 11 nitrogen and oxygen atoms in total. The number of hydrogen-bond acceptors (Lipinski definition) is 10. The lowest BCUT2D eigenvalue weighted by atomic mass is 10.1. The lowest BCUT2D eigenvalue weighted by Gasteiger charge is -2.13. The Hall–Kier alpha value is -6.75. The smallest absolute Gasteiger partial charge is 0.347 e. The Morgan fingerprint density at radius 1 is 0.370 bits per heavy atom. The number of esters is 4. The molecule has 0 fully saturated rings. The maximum absolute atomic E-state index is 13.3. The van der Waals surface area contributed by atoms with E-state index in [0.717, 1.165) is 0 Å². The zero-order valence-corrected chi connectivity index (χ0v) is 23.6. The van der Waals surface area contributed by atoms with E-state index >= 15 is 0 Å². The van der Waals surface area contributed by atoms with Gasteiger partial charge in [-0.25, -0.2) is 24.0 Å². The number of carboxylic acid groups (broad SMARTS) is 1. The molecule has 11 heteroatoms. The van der Waals surface area contributed by atoms with Crippen LogP contribution in [0.2, 0.25) is 0 Å². The van der Waals surface area contributed by atoms with Gasteiger partial charge in [-0.3, -0.25) is 0 Å². The van der Waals surface area contributed by atoms with Crippen LogP contribution in [-0.2, 0) is 0 Å². The topological polar surface area (TPSA) is 163 Å². The summed E-state index contributed by atoms with van der Waals surface area (Å²) in [6.45, 7) is 0. The summed E-state index contributed by atoms with van der Waals surface area (Å²) in [6.07, 6.45) is 0. The Morgan fingerprint density at radius 2 is 0.630 bits per heavy atom. The molecule has 0 saturated carbocycles. The summed E-state index contributed by atoms with van der Waals surface area (Å²) in [6, 6.07) is 28.4. The van der Waals surface area contributed by atoms with E-state index in [1.807, 2.05) is 0 Å². The zero-order valence-electron chi connectivity index (χ0n) is 23.6. The van der Waals surface area contributed by atoms with Crippen LogP contribution in [0.4, 0.5) is 0 Å². The fourth-order valence-corrected chi connectivity index (χ4v) is 4.17. The minimum Gasteiger partial charge on any atom is -0.507 e. The molecular formula is C35H22O11. The van der Waals surface area contributed by atoms with Crippen molar-refractivity contribution in [1.82, 2.24) is 0 Å². The lowest BCUT2D eigenvalue weighted by molar-refractivity contribution is 0.0670. The molecule has 5 rings (SSSR count). The van der Waals surface area contributed by atoms with Crippen molar-refractivity contribution in [1.29, 1.82) is 0 Å². The number of benzene rings is 5. The van der Waals surface area contributed by atoms with Crippen molar-refractivity contribution in [2.75, 3.05) is 0 Å². The van der Waals surface area contributed by atoms with E-state index in [1.54, 1.807) is 0 Å². The number of carboxylic acids is 1. The fourth-order valence-electron chi connectivity index (χ4n) is 4.17. The van der Waals surface area contributed by atoms with Crippen LogP contribution >= 0.6 is 0 Å². The van der Waals surface area contributed by atoms with Gasteiger partial charge in [0.25, 0.3) is 0 Å².